The Bertz CT molecular complexity index is 250. The van der Waals surface area contributed by atoms with Crippen LogP contribution in [0.3, 0.4) is 0 Å². The van der Waals surface area contributed by atoms with Crippen LogP contribution in [0, 0.1) is 17.3 Å². The summed E-state index contributed by atoms with van der Waals surface area (Å²) in [6.07, 6.45) is 8.51. The first-order valence-electron chi connectivity index (χ1n) is 8.46. The summed E-state index contributed by atoms with van der Waals surface area (Å²) in [5.74, 6) is 1.93. The van der Waals surface area contributed by atoms with E-state index in [0.717, 1.165) is 11.8 Å². The molecule has 2 aliphatic heterocycles. The van der Waals surface area contributed by atoms with Crippen LogP contribution in [0.1, 0.15) is 59.3 Å². The van der Waals surface area contributed by atoms with E-state index in [9.17, 15) is 0 Å². The second-order valence-electron chi connectivity index (χ2n) is 8.06. The number of likely N-dealkylation sites (tertiary alicyclic amines) is 1. The minimum Gasteiger partial charge on any atom is -0.317 e. The van der Waals surface area contributed by atoms with E-state index >= 15 is 0 Å². The molecular formula is C17H34N2. The molecular weight excluding hydrogens is 232 g/mol. The van der Waals surface area contributed by atoms with Crippen LogP contribution in [-0.2, 0) is 0 Å². The van der Waals surface area contributed by atoms with Crippen molar-refractivity contribution in [1.29, 1.82) is 0 Å². The minimum absolute atomic E-state index is 0.509. The molecule has 0 saturated carbocycles. The number of hydrogen-bond acceptors (Lipinski definition) is 2. The summed E-state index contributed by atoms with van der Waals surface area (Å²) in [6, 6.07) is 0. The lowest BCUT2D eigenvalue weighted by molar-refractivity contribution is 0.205. The summed E-state index contributed by atoms with van der Waals surface area (Å²) < 4.78 is 0. The molecule has 1 atom stereocenters. The topological polar surface area (TPSA) is 15.3 Å². The highest BCUT2D eigenvalue weighted by Crippen LogP contribution is 2.31. The third-order valence-electron chi connectivity index (χ3n) is 4.82. The van der Waals surface area contributed by atoms with Crippen molar-refractivity contribution < 1.29 is 0 Å². The quantitative estimate of drug-likeness (QED) is 0.841. The molecule has 0 aromatic carbocycles. The van der Waals surface area contributed by atoms with Gasteiger partial charge in [-0.25, -0.2) is 0 Å². The van der Waals surface area contributed by atoms with Gasteiger partial charge in [0.15, 0.2) is 0 Å². The zero-order valence-corrected chi connectivity index (χ0v) is 13.4. The summed E-state index contributed by atoms with van der Waals surface area (Å²) in [5, 5.41) is 3.48. The smallest absolute Gasteiger partial charge is 0.00106 e. The van der Waals surface area contributed by atoms with E-state index in [1.54, 1.807) is 0 Å². The Morgan fingerprint density at radius 3 is 2.37 bits per heavy atom. The number of nitrogens with one attached hydrogen (secondary N) is 1. The standard InChI is InChI=1S/C17H34N2/c1-17(2,3)13-15-5-4-11-19(12-8-15)14-16-6-9-18-10-7-16/h15-16,18H,4-14H2,1-3H3. The first-order valence-corrected chi connectivity index (χ1v) is 8.46. The van der Waals surface area contributed by atoms with Gasteiger partial charge in [0, 0.05) is 6.54 Å². The van der Waals surface area contributed by atoms with Gasteiger partial charge in [-0.2, -0.15) is 0 Å². The zero-order chi connectivity index (χ0) is 13.7. The molecule has 2 nitrogen and oxygen atoms in total. The van der Waals surface area contributed by atoms with Gasteiger partial charge in [-0.15, -0.1) is 0 Å². The monoisotopic (exact) mass is 266 g/mol. The van der Waals surface area contributed by atoms with Crippen molar-refractivity contribution in [3.05, 3.63) is 0 Å². The highest BCUT2D eigenvalue weighted by Gasteiger charge is 2.23. The fraction of sp³-hybridized carbons (Fsp3) is 1.00. The molecule has 0 spiro atoms. The van der Waals surface area contributed by atoms with Gasteiger partial charge in [0.2, 0.25) is 0 Å². The molecule has 0 aromatic rings. The van der Waals surface area contributed by atoms with Crippen LogP contribution in [0.25, 0.3) is 0 Å². The predicted octanol–water partition coefficient (Wildman–Crippen LogP) is 3.52. The molecule has 0 amide bonds. The van der Waals surface area contributed by atoms with Crippen molar-refractivity contribution >= 4 is 0 Å². The van der Waals surface area contributed by atoms with Gasteiger partial charge in [0.05, 0.1) is 0 Å². The SMILES string of the molecule is CC(C)(C)CC1CCCN(CC2CCNCC2)CC1. The molecule has 2 aliphatic rings. The Morgan fingerprint density at radius 1 is 0.947 bits per heavy atom. The minimum atomic E-state index is 0.509. The Balaban J connectivity index is 1.73. The van der Waals surface area contributed by atoms with Crippen molar-refractivity contribution in [1.82, 2.24) is 10.2 Å². The lowest BCUT2D eigenvalue weighted by atomic mass is 9.81. The van der Waals surface area contributed by atoms with E-state index in [2.05, 4.69) is 31.0 Å². The summed E-state index contributed by atoms with van der Waals surface area (Å²) in [4.78, 5) is 2.76. The van der Waals surface area contributed by atoms with Crippen molar-refractivity contribution in [2.75, 3.05) is 32.7 Å². The number of nitrogens with zero attached hydrogens (tertiary/aromatic N) is 1. The average molecular weight is 266 g/mol. The summed E-state index contributed by atoms with van der Waals surface area (Å²) >= 11 is 0. The molecule has 1 N–H and O–H groups in total. The Morgan fingerprint density at radius 2 is 1.68 bits per heavy atom. The fourth-order valence-electron chi connectivity index (χ4n) is 3.91. The molecule has 2 heteroatoms. The Labute approximate surface area is 120 Å². The van der Waals surface area contributed by atoms with Gasteiger partial charge in [-0.1, -0.05) is 20.8 Å². The first kappa shape index (κ1) is 15.3. The highest BCUT2D eigenvalue weighted by atomic mass is 15.1. The van der Waals surface area contributed by atoms with E-state index in [-0.39, 0.29) is 0 Å². The second kappa shape index (κ2) is 7.08. The van der Waals surface area contributed by atoms with Crippen LogP contribution < -0.4 is 5.32 Å². The molecule has 2 rings (SSSR count). The normalized spacial score (nSPS) is 28.3. The van der Waals surface area contributed by atoms with Crippen LogP contribution in [0.5, 0.6) is 0 Å². The van der Waals surface area contributed by atoms with Crippen LogP contribution >= 0.6 is 0 Å². The first-order chi connectivity index (χ1) is 9.03. The molecule has 1 unspecified atom stereocenters. The van der Waals surface area contributed by atoms with Crippen LogP contribution in [0.4, 0.5) is 0 Å². The predicted molar refractivity (Wildman–Crippen MR) is 83.4 cm³/mol. The van der Waals surface area contributed by atoms with Crippen molar-refractivity contribution in [3.8, 4) is 0 Å². The molecule has 2 saturated heterocycles. The number of hydrogen-bond donors (Lipinski definition) is 1. The summed E-state index contributed by atoms with van der Waals surface area (Å²) in [7, 11) is 0. The van der Waals surface area contributed by atoms with Gasteiger partial charge in [-0.05, 0) is 82.0 Å². The summed E-state index contributed by atoms with van der Waals surface area (Å²) in [6.45, 7) is 13.7. The van der Waals surface area contributed by atoms with Crippen molar-refractivity contribution in [2.45, 2.75) is 59.3 Å². The van der Waals surface area contributed by atoms with E-state index in [1.807, 2.05) is 0 Å². The average Bonchev–Trinajstić information content (AvgIpc) is 2.54. The Hall–Kier alpha value is -0.0800. The van der Waals surface area contributed by atoms with Crippen LogP contribution in [0.2, 0.25) is 0 Å². The van der Waals surface area contributed by atoms with Crippen LogP contribution in [0.15, 0.2) is 0 Å². The molecule has 2 heterocycles. The van der Waals surface area contributed by atoms with Gasteiger partial charge >= 0.3 is 0 Å². The third-order valence-corrected chi connectivity index (χ3v) is 4.82. The molecule has 19 heavy (non-hydrogen) atoms. The third kappa shape index (κ3) is 5.83. The zero-order valence-electron chi connectivity index (χ0n) is 13.4. The second-order valence-corrected chi connectivity index (χ2v) is 8.06. The fourth-order valence-corrected chi connectivity index (χ4v) is 3.91. The van der Waals surface area contributed by atoms with E-state index in [0.29, 0.717) is 5.41 Å². The maximum absolute atomic E-state index is 3.48. The largest absolute Gasteiger partial charge is 0.317 e. The Kier molecular flexibility index (Phi) is 5.70. The van der Waals surface area contributed by atoms with E-state index in [1.165, 1.54) is 71.2 Å². The summed E-state index contributed by atoms with van der Waals surface area (Å²) in [5.41, 5.74) is 0.509. The highest BCUT2D eigenvalue weighted by molar-refractivity contribution is 4.78. The van der Waals surface area contributed by atoms with E-state index < -0.39 is 0 Å². The molecule has 0 aromatic heterocycles. The van der Waals surface area contributed by atoms with Gasteiger partial charge in [0.1, 0.15) is 0 Å². The van der Waals surface area contributed by atoms with Gasteiger partial charge in [0.25, 0.3) is 0 Å². The lowest BCUT2D eigenvalue weighted by Crippen LogP contribution is -2.36. The number of rotatable bonds is 3. The van der Waals surface area contributed by atoms with Crippen molar-refractivity contribution in [3.63, 3.8) is 0 Å². The number of piperidine rings is 1. The van der Waals surface area contributed by atoms with Gasteiger partial charge < -0.3 is 10.2 Å². The van der Waals surface area contributed by atoms with Crippen LogP contribution in [-0.4, -0.2) is 37.6 Å². The van der Waals surface area contributed by atoms with Crippen molar-refractivity contribution in [2.24, 2.45) is 17.3 Å². The molecule has 0 aliphatic carbocycles. The molecule has 2 fully saturated rings. The molecule has 112 valence electrons. The molecule has 0 radical (unpaired) electrons. The lowest BCUT2D eigenvalue weighted by Gasteiger charge is -2.29. The maximum atomic E-state index is 3.48. The van der Waals surface area contributed by atoms with Gasteiger partial charge in [-0.3, -0.25) is 0 Å². The maximum Gasteiger partial charge on any atom is 0.00106 e. The molecule has 0 bridgehead atoms. The van der Waals surface area contributed by atoms with E-state index in [4.69, 9.17) is 0 Å².